The van der Waals surface area contributed by atoms with Gasteiger partial charge < -0.3 is 9.58 Å². The van der Waals surface area contributed by atoms with E-state index in [1.807, 2.05) is 38.1 Å². The van der Waals surface area contributed by atoms with Crippen molar-refractivity contribution < 1.29 is 4.74 Å². The zero-order chi connectivity index (χ0) is 10.1. The topological polar surface area (TPSA) is 13.6 Å². The summed E-state index contributed by atoms with van der Waals surface area (Å²) in [7, 11) is 1.61. The smallest absolute Gasteiger partial charge is 0.243 e. The minimum absolute atomic E-state index is 0.393. The molecule has 0 spiro atoms. The summed E-state index contributed by atoms with van der Waals surface area (Å²) in [4.78, 5) is 3.28. The summed E-state index contributed by atoms with van der Waals surface area (Å²) >= 11 is 0. The van der Waals surface area contributed by atoms with Gasteiger partial charge in [-0.1, -0.05) is 26.0 Å². The molecule has 0 aliphatic rings. The summed E-state index contributed by atoms with van der Waals surface area (Å²) in [5, 5.41) is 0. The van der Waals surface area contributed by atoms with Gasteiger partial charge >= 0.3 is 0 Å². The van der Waals surface area contributed by atoms with Crippen molar-refractivity contribution in [1.29, 1.82) is 0 Å². The molecule has 0 amide bonds. The molecule has 1 rings (SSSR count). The summed E-state index contributed by atoms with van der Waals surface area (Å²) < 4.78 is 5.05. The van der Waals surface area contributed by atoms with E-state index in [-0.39, 0.29) is 0 Å². The van der Waals surface area contributed by atoms with E-state index in [1.54, 1.807) is 7.11 Å². The van der Waals surface area contributed by atoms with E-state index in [1.165, 1.54) is 0 Å². The zero-order valence-corrected chi connectivity index (χ0v) is 8.37. The van der Waals surface area contributed by atoms with Crippen molar-refractivity contribution in [3.8, 4) is 5.75 Å². The maximum absolute atomic E-state index is 6.68. The third-order valence-electron chi connectivity index (χ3n) is 1.44. The Kier molecular flexibility index (Phi) is 6.35. The van der Waals surface area contributed by atoms with Gasteiger partial charge in [-0.3, -0.25) is 0 Å². The van der Waals surface area contributed by atoms with Crippen LogP contribution in [0.15, 0.2) is 24.3 Å². The fourth-order valence-corrected chi connectivity index (χ4v) is 0.919. The van der Waals surface area contributed by atoms with Crippen molar-refractivity contribution in [2.24, 2.45) is 0 Å². The number of para-hydroxylation sites is 1. The Hall–Kier alpha value is -1.49. The Morgan fingerprint density at radius 3 is 2.46 bits per heavy atom. The van der Waals surface area contributed by atoms with Gasteiger partial charge in [-0.05, 0) is 12.1 Å². The average Bonchev–Trinajstić information content (AvgIpc) is 2.22. The van der Waals surface area contributed by atoms with Crippen molar-refractivity contribution in [2.45, 2.75) is 20.4 Å². The molecule has 2 heteroatoms. The molecule has 0 unspecified atom stereocenters. The van der Waals surface area contributed by atoms with Crippen LogP contribution in [0.25, 0.3) is 4.85 Å². The van der Waals surface area contributed by atoms with Crippen LogP contribution in [0.1, 0.15) is 19.4 Å². The Balaban J connectivity index is 0.000000671. The molecule has 1 aromatic carbocycles. The summed E-state index contributed by atoms with van der Waals surface area (Å²) in [5.74, 6) is 0.795. The predicted molar refractivity (Wildman–Crippen MR) is 54.6 cm³/mol. The van der Waals surface area contributed by atoms with E-state index >= 15 is 0 Å². The molecule has 0 N–H and O–H groups in total. The lowest BCUT2D eigenvalue weighted by atomic mass is 10.2. The molecule has 2 nitrogen and oxygen atoms in total. The second-order valence-corrected chi connectivity index (χ2v) is 2.13. The van der Waals surface area contributed by atoms with Crippen LogP contribution in [0, 0.1) is 6.57 Å². The van der Waals surface area contributed by atoms with Crippen LogP contribution in [-0.4, -0.2) is 7.11 Å². The predicted octanol–water partition coefficient (Wildman–Crippen LogP) is 3.14. The lowest BCUT2D eigenvalue weighted by molar-refractivity contribution is 0.410. The first-order valence-corrected chi connectivity index (χ1v) is 4.33. The van der Waals surface area contributed by atoms with Gasteiger partial charge in [-0.25, -0.2) is 6.57 Å². The van der Waals surface area contributed by atoms with Crippen molar-refractivity contribution in [2.75, 3.05) is 7.11 Å². The Labute approximate surface area is 80.0 Å². The lowest BCUT2D eigenvalue weighted by Gasteiger charge is -2.01. The van der Waals surface area contributed by atoms with Gasteiger partial charge in [0.05, 0.1) is 12.7 Å². The molecular weight excluding hydrogens is 162 g/mol. The second kappa shape index (κ2) is 7.17. The molecule has 0 saturated heterocycles. The van der Waals surface area contributed by atoms with Crippen LogP contribution in [0.5, 0.6) is 5.75 Å². The monoisotopic (exact) mass is 177 g/mol. The zero-order valence-electron chi connectivity index (χ0n) is 8.37. The van der Waals surface area contributed by atoms with Crippen LogP contribution in [0.3, 0.4) is 0 Å². The average molecular weight is 177 g/mol. The van der Waals surface area contributed by atoms with Gasteiger partial charge in [-0.2, -0.15) is 0 Å². The molecule has 0 heterocycles. The molecule has 0 aliphatic heterocycles. The minimum atomic E-state index is 0.393. The number of ether oxygens (including phenoxy) is 1. The van der Waals surface area contributed by atoms with Gasteiger partial charge in [0, 0.05) is 0 Å². The van der Waals surface area contributed by atoms with Gasteiger partial charge in [0.15, 0.2) is 0 Å². The van der Waals surface area contributed by atoms with Crippen molar-refractivity contribution in [3.63, 3.8) is 0 Å². The summed E-state index contributed by atoms with van der Waals surface area (Å²) in [6, 6.07) is 7.56. The van der Waals surface area contributed by atoms with Crippen LogP contribution >= 0.6 is 0 Å². The number of rotatable bonds is 2. The van der Waals surface area contributed by atoms with Crippen molar-refractivity contribution in [3.05, 3.63) is 41.2 Å². The highest BCUT2D eigenvalue weighted by atomic mass is 16.5. The Morgan fingerprint density at radius 2 is 1.92 bits per heavy atom. The summed E-state index contributed by atoms with van der Waals surface area (Å²) in [5.41, 5.74) is 0.949. The van der Waals surface area contributed by atoms with Gasteiger partial charge in [0.1, 0.15) is 5.75 Å². The van der Waals surface area contributed by atoms with Gasteiger partial charge in [-0.15, -0.1) is 0 Å². The Morgan fingerprint density at radius 1 is 1.31 bits per heavy atom. The molecule has 0 saturated carbocycles. The third kappa shape index (κ3) is 3.62. The fraction of sp³-hybridized carbons (Fsp3) is 0.364. The highest BCUT2D eigenvalue weighted by molar-refractivity contribution is 5.33. The van der Waals surface area contributed by atoms with Crippen LogP contribution < -0.4 is 4.74 Å². The number of nitrogens with zero attached hydrogens (tertiary/aromatic N) is 1. The van der Waals surface area contributed by atoms with Crippen LogP contribution in [0.4, 0.5) is 0 Å². The maximum atomic E-state index is 6.68. The largest absolute Gasteiger partial charge is 0.496 e. The highest BCUT2D eigenvalue weighted by Crippen LogP contribution is 2.17. The third-order valence-corrected chi connectivity index (χ3v) is 1.44. The second-order valence-electron chi connectivity index (χ2n) is 2.13. The number of methoxy groups -OCH3 is 1. The molecule has 13 heavy (non-hydrogen) atoms. The van der Waals surface area contributed by atoms with E-state index in [2.05, 4.69) is 4.85 Å². The molecule has 0 aromatic heterocycles. The van der Waals surface area contributed by atoms with Crippen LogP contribution in [-0.2, 0) is 6.54 Å². The number of benzene rings is 1. The van der Waals surface area contributed by atoms with E-state index in [9.17, 15) is 0 Å². The molecule has 1 aromatic rings. The maximum Gasteiger partial charge on any atom is 0.243 e. The molecule has 70 valence electrons. The van der Waals surface area contributed by atoms with Crippen molar-refractivity contribution in [1.82, 2.24) is 0 Å². The molecule has 0 bridgehead atoms. The van der Waals surface area contributed by atoms with Crippen LogP contribution in [0.2, 0.25) is 0 Å². The highest BCUT2D eigenvalue weighted by Gasteiger charge is 2.01. The lowest BCUT2D eigenvalue weighted by Crippen LogP contribution is -1.88. The van der Waals surface area contributed by atoms with Gasteiger partial charge in [0.25, 0.3) is 0 Å². The first-order valence-electron chi connectivity index (χ1n) is 4.33. The van der Waals surface area contributed by atoms with E-state index < -0.39 is 0 Å². The van der Waals surface area contributed by atoms with Crippen molar-refractivity contribution >= 4 is 0 Å². The minimum Gasteiger partial charge on any atom is -0.496 e. The number of hydrogen-bond donors (Lipinski definition) is 0. The molecule has 0 atom stereocenters. The summed E-state index contributed by atoms with van der Waals surface area (Å²) in [6.45, 7) is 11.1. The molecule has 0 radical (unpaired) electrons. The molecule has 0 aliphatic carbocycles. The first-order chi connectivity index (χ1) is 6.38. The quantitative estimate of drug-likeness (QED) is 0.633. The SMILES string of the molecule is CC.[C-]#[N+]Cc1ccccc1OC. The van der Waals surface area contributed by atoms with E-state index in [4.69, 9.17) is 11.3 Å². The summed E-state index contributed by atoms with van der Waals surface area (Å²) in [6.07, 6.45) is 0. The van der Waals surface area contributed by atoms with E-state index in [0.717, 1.165) is 11.3 Å². The Bertz CT molecular complexity index is 276. The standard InChI is InChI=1S/C9H9NO.C2H6/c1-10-7-8-5-3-4-6-9(8)11-2;1-2/h3-6H,7H2,2H3;1-2H3. The first kappa shape index (κ1) is 11.5. The molecular formula is C11H15NO. The fourth-order valence-electron chi connectivity index (χ4n) is 0.919. The van der Waals surface area contributed by atoms with Gasteiger partial charge in [0.2, 0.25) is 6.54 Å². The normalized spacial score (nSPS) is 7.85. The molecule has 0 fully saturated rings. The van der Waals surface area contributed by atoms with E-state index in [0.29, 0.717) is 6.54 Å². The number of hydrogen-bond acceptors (Lipinski definition) is 1.